The minimum Gasteiger partial charge on any atom is -0.497 e. The first-order valence-electron chi connectivity index (χ1n) is 5.26. The maximum Gasteiger partial charge on any atom is 0.255 e. The molecule has 0 heterocycles. The molecule has 0 bridgehead atoms. The third-order valence-electron chi connectivity index (χ3n) is 2.46. The Kier molecular flexibility index (Phi) is 4.62. The van der Waals surface area contributed by atoms with E-state index in [4.69, 9.17) is 16.3 Å². The number of methoxy groups -OCH3 is 1. The van der Waals surface area contributed by atoms with E-state index in [1.165, 1.54) is 0 Å². The minimum atomic E-state index is -0.0438. The largest absolute Gasteiger partial charge is 0.497 e. The SMILES string of the molecule is CCN(CC)C(=O)c1ccc(OC)cc1Cl. The number of carbonyl (C=O) groups excluding carboxylic acids is 1. The van der Waals surface area contributed by atoms with Crippen LogP contribution in [0.15, 0.2) is 18.2 Å². The molecule has 0 unspecified atom stereocenters. The monoisotopic (exact) mass is 241 g/mol. The average molecular weight is 242 g/mol. The number of benzene rings is 1. The van der Waals surface area contributed by atoms with Crippen LogP contribution in [0.5, 0.6) is 5.75 Å². The summed E-state index contributed by atoms with van der Waals surface area (Å²) in [6.45, 7) is 5.24. The van der Waals surface area contributed by atoms with Crippen molar-refractivity contribution in [3.63, 3.8) is 0 Å². The Morgan fingerprint density at radius 1 is 1.38 bits per heavy atom. The molecule has 1 rings (SSSR count). The Labute approximate surface area is 101 Å². The van der Waals surface area contributed by atoms with Gasteiger partial charge in [0.15, 0.2) is 0 Å². The Balaban J connectivity index is 3.00. The fourth-order valence-electron chi connectivity index (χ4n) is 1.48. The number of hydrogen-bond donors (Lipinski definition) is 0. The van der Waals surface area contributed by atoms with Gasteiger partial charge in [0, 0.05) is 13.1 Å². The van der Waals surface area contributed by atoms with Crippen LogP contribution in [0, 0.1) is 0 Å². The molecule has 0 atom stereocenters. The number of amides is 1. The standard InChI is InChI=1S/C12H16ClNO2/c1-4-14(5-2)12(15)10-7-6-9(16-3)8-11(10)13/h6-8H,4-5H2,1-3H3. The van der Waals surface area contributed by atoms with Crippen LogP contribution < -0.4 is 4.74 Å². The fraction of sp³-hybridized carbons (Fsp3) is 0.417. The van der Waals surface area contributed by atoms with Gasteiger partial charge in [-0.25, -0.2) is 0 Å². The van der Waals surface area contributed by atoms with Crippen LogP contribution in [-0.2, 0) is 0 Å². The molecule has 0 fully saturated rings. The molecule has 0 saturated heterocycles. The maximum atomic E-state index is 12.0. The predicted molar refractivity (Wildman–Crippen MR) is 65.3 cm³/mol. The molecule has 0 aliphatic carbocycles. The lowest BCUT2D eigenvalue weighted by molar-refractivity contribution is 0.0773. The van der Waals surface area contributed by atoms with Crippen LogP contribution in [0.3, 0.4) is 0 Å². The van der Waals surface area contributed by atoms with Gasteiger partial charge in [-0.1, -0.05) is 11.6 Å². The second-order valence-corrected chi connectivity index (χ2v) is 3.73. The molecule has 0 aliphatic heterocycles. The van der Waals surface area contributed by atoms with E-state index < -0.39 is 0 Å². The summed E-state index contributed by atoms with van der Waals surface area (Å²) < 4.78 is 5.03. The normalized spacial score (nSPS) is 10.0. The second kappa shape index (κ2) is 5.75. The summed E-state index contributed by atoms with van der Waals surface area (Å²) in [5.74, 6) is 0.610. The Morgan fingerprint density at radius 3 is 2.44 bits per heavy atom. The molecule has 88 valence electrons. The Bertz CT molecular complexity index is 375. The lowest BCUT2D eigenvalue weighted by atomic mass is 10.2. The zero-order valence-electron chi connectivity index (χ0n) is 9.79. The van der Waals surface area contributed by atoms with Gasteiger partial charge in [-0.05, 0) is 32.0 Å². The molecule has 1 amide bonds. The second-order valence-electron chi connectivity index (χ2n) is 3.32. The first kappa shape index (κ1) is 12.8. The molecule has 0 aliphatic rings. The Morgan fingerprint density at radius 2 is 2.00 bits per heavy atom. The van der Waals surface area contributed by atoms with Gasteiger partial charge in [0.05, 0.1) is 17.7 Å². The first-order valence-corrected chi connectivity index (χ1v) is 5.64. The Hall–Kier alpha value is -1.22. The first-order chi connectivity index (χ1) is 7.63. The van der Waals surface area contributed by atoms with E-state index in [1.807, 2.05) is 13.8 Å². The summed E-state index contributed by atoms with van der Waals surface area (Å²) in [7, 11) is 1.57. The zero-order valence-corrected chi connectivity index (χ0v) is 10.5. The summed E-state index contributed by atoms with van der Waals surface area (Å²) >= 11 is 6.03. The maximum absolute atomic E-state index is 12.0. The van der Waals surface area contributed by atoms with Crippen molar-refractivity contribution in [3.05, 3.63) is 28.8 Å². The van der Waals surface area contributed by atoms with Crippen LogP contribution in [0.2, 0.25) is 5.02 Å². The summed E-state index contributed by atoms with van der Waals surface area (Å²) in [6, 6.07) is 5.09. The van der Waals surface area contributed by atoms with Gasteiger partial charge in [-0.15, -0.1) is 0 Å². The molecule has 4 heteroatoms. The zero-order chi connectivity index (χ0) is 12.1. The number of rotatable bonds is 4. The van der Waals surface area contributed by atoms with Crippen molar-refractivity contribution >= 4 is 17.5 Å². The third-order valence-corrected chi connectivity index (χ3v) is 2.77. The van der Waals surface area contributed by atoms with Crippen molar-refractivity contribution in [2.24, 2.45) is 0 Å². The molecular formula is C12H16ClNO2. The highest BCUT2D eigenvalue weighted by atomic mass is 35.5. The van der Waals surface area contributed by atoms with E-state index in [-0.39, 0.29) is 5.91 Å². The van der Waals surface area contributed by atoms with Crippen molar-refractivity contribution in [2.45, 2.75) is 13.8 Å². The molecule has 0 aromatic heterocycles. The quantitative estimate of drug-likeness (QED) is 0.811. The van der Waals surface area contributed by atoms with Gasteiger partial charge in [0.25, 0.3) is 5.91 Å². The molecule has 1 aromatic rings. The predicted octanol–water partition coefficient (Wildman–Crippen LogP) is 2.83. The van der Waals surface area contributed by atoms with Crippen LogP contribution in [0.4, 0.5) is 0 Å². The van der Waals surface area contributed by atoms with Gasteiger partial charge in [0.1, 0.15) is 5.75 Å². The van der Waals surface area contributed by atoms with Crippen molar-refractivity contribution < 1.29 is 9.53 Å². The van der Waals surface area contributed by atoms with E-state index in [9.17, 15) is 4.79 Å². The number of hydrogen-bond acceptors (Lipinski definition) is 2. The molecule has 1 aromatic carbocycles. The minimum absolute atomic E-state index is 0.0438. The summed E-state index contributed by atoms with van der Waals surface area (Å²) in [6.07, 6.45) is 0. The molecule has 3 nitrogen and oxygen atoms in total. The number of halogens is 1. The van der Waals surface area contributed by atoms with E-state index in [2.05, 4.69) is 0 Å². The van der Waals surface area contributed by atoms with Crippen molar-refractivity contribution in [1.29, 1.82) is 0 Å². The van der Waals surface area contributed by atoms with Crippen molar-refractivity contribution in [2.75, 3.05) is 20.2 Å². The highest BCUT2D eigenvalue weighted by molar-refractivity contribution is 6.34. The molecule has 0 saturated carbocycles. The highest BCUT2D eigenvalue weighted by Gasteiger charge is 2.15. The highest BCUT2D eigenvalue weighted by Crippen LogP contribution is 2.23. The third kappa shape index (κ3) is 2.67. The number of ether oxygens (including phenoxy) is 1. The summed E-state index contributed by atoms with van der Waals surface area (Å²) in [5, 5.41) is 0.427. The molecule has 0 radical (unpaired) electrons. The van der Waals surface area contributed by atoms with Gasteiger partial charge in [-0.3, -0.25) is 4.79 Å². The molecule has 0 N–H and O–H groups in total. The van der Waals surface area contributed by atoms with Crippen molar-refractivity contribution in [3.8, 4) is 5.75 Å². The van der Waals surface area contributed by atoms with Gasteiger partial charge in [0.2, 0.25) is 0 Å². The van der Waals surface area contributed by atoms with Crippen LogP contribution >= 0.6 is 11.6 Å². The van der Waals surface area contributed by atoms with Crippen LogP contribution in [0.1, 0.15) is 24.2 Å². The topological polar surface area (TPSA) is 29.5 Å². The lowest BCUT2D eigenvalue weighted by Crippen LogP contribution is -2.30. The average Bonchev–Trinajstić information content (AvgIpc) is 2.30. The summed E-state index contributed by atoms with van der Waals surface area (Å²) in [4.78, 5) is 13.8. The van der Waals surface area contributed by atoms with E-state index in [1.54, 1.807) is 30.2 Å². The molecule has 0 spiro atoms. The van der Waals surface area contributed by atoms with Gasteiger partial charge < -0.3 is 9.64 Å². The van der Waals surface area contributed by atoms with Gasteiger partial charge >= 0.3 is 0 Å². The van der Waals surface area contributed by atoms with E-state index in [0.717, 1.165) is 0 Å². The molecule has 16 heavy (non-hydrogen) atoms. The smallest absolute Gasteiger partial charge is 0.255 e. The fourth-order valence-corrected chi connectivity index (χ4v) is 1.73. The van der Waals surface area contributed by atoms with E-state index >= 15 is 0 Å². The molecular weight excluding hydrogens is 226 g/mol. The number of carbonyl (C=O) groups is 1. The van der Waals surface area contributed by atoms with Crippen LogP contribution in [-0.4, -0.2) is 31.0 Å². The lowest BCUT2D eigenvalue weighted by Gasteiger charge is -2.19. The summed E-state index contributed by atoms with van der Waals surface area (Å²) in [5.41, 5.74) is 0.520. The number of nitrogens with zero attached hydrogens (tertiary/aromatic N) is 1. The van der Waals surface area contributed by atoms with Gasteiger partial charge in [-0.2, -0.15) is 0 Å². The van der Waals surface area contributed by atoms with E-state index in [0.29, 0.717) is 29.4 Å². The van der Waals surface area contributed by atoms with Crippen molar-refractivity contribution in [1.82, 2.24) is 4.90 Å². The van der Waals surface area contributed by atoms with Crippen LogP contribution in [0.25, 0.3) is 0 Å².